The summed E-state index contributed by atoms with van der Waals surface area (Å²) in [6.07, 6.45) is 7.53. The summed E-state index contributed by atoms with van der Waals surface area (Å²) >= 11 is 0. The SMILES string of the molecule is CC(C)(C)OC(=O)N1CCC(CN)C(C2CCCCC2)C1. The maximum absolute atomic E-state index is 12.3. The van der Waals surface area contributed by atoms with E-state index < -0.39 is 5.60 Å². The van der Waals surface area contributed by atoms with Gasteiger partial charge in [0.2, 0.25) is 0 Å². The lowest BCUT2D eigenvalue weighted by Gasteiger charge is -2.43. The number of carbonyl (C=O) groups excluding carboxylic acids is 1. The Bertz CT molecular complexity index is 345. The fraction of sp³-hybridized carbons (Fsp3) is 0.941. The maximum Gasteiger partial charge on any atom is 0.410 e. The second-order valence-electron chi connectivity index (χ2n) is 7.77. The van der Waals surface area contributed by atoms with Crippen molar-refractivity contribution in [3.8, 4) is 0 Å². The molecule has 2 unspecified atom stereocenters. The number of piperidine rings is 1. The molecule has 0 aromatic heterocycles. The molecule has 0 aromatic carbocycles. The van der Waals surface area contributed by atoms with Crippen LogP contribution in [0.5, 0.6) is 0 Å². The molecule has 1 aliphatic heterocycles. The van der Waals surface area contributed by atoms with Gasteiger partial charge < -0.3 is 15.4 Å². The molecule has 0 bridgehead atoms. The first kappa shape index (κ1) is 16.6. The lowest BCUT2D eigenvalue weighted by Crippen LogP contribution is -2.49. The van der Waals surface area contributed by atoms with Crippen LogP contribution in [0.4, 0.5) is 4.79 Å². The highest BCUT2D eigenvalue weighted by atomic mass is 16.6. The van der Waals surface area contributed by atoms with E-state index in [0.29, 0.717) is 11.8 Å². The summed E-state index contributed by atoms with van der Waals surface area (Å²) in [5, 5.41) is 0. The average Bonchev–Trinajstić information content (AvgIpc) is 2.45. The zero-order valence-corrected chi connectivity index (χ0v) is 13.9. The molecular formula is C17H32N2O2. The number of rotatable bonds is 2. The van der Waals surface area contributed by atoms with E-state index in [2.05, 4.69) is 0 Å². The highest BCUT2D eigenvalue weighted by Gasteiger charge is 2.37. The van der Waals surface area contributed by atoms with Crippen LogP contribution in [0.15, 0.2) is 0 Å². The summed E-state index contributed by atoms with van der Waals surface area (Å²) in [5.41, 5.74) is 5.57. The van der Waals surface area contributed by atoms with E-state index in [4.69, 9.17) is 10.5 Å². The first-order valence-electron chi connectivity index (χ1n) is 8.58. The topological polar surface area (TPSA) is 55.6 Å². The zero-order valence-electron chi connectivity index (χ0n) is 13.9. The van der Waals surface area contributed by atoms with Crippen LogP contribution in [-0.2, 0) is 4.74 Å². The average molecular weight is 296 g/mol. The maximum atomic E-state index is 12.3. The first-order valence-corrected chi connectivity index (χ1v) is 8.58. The lowest BCUT2D eigenvalue weighted by molar-refractivity contribution is 0.00177. The molecule has 2 aliphatic rings. The number of amides is 1. The number of ether oxygens (including phenoxy) is 1. The van der Waals surface area contributed by atoms with Crippen molar-refractivity contribution >= 4 is 6.09 Å². The molecule has 1 saturated carbocycles. The van der Waals surface area contributed by atoms with Crippen LogP contribution in [0.25, 0.3) is 0 Å². The Hall–Kier alpha value is -0.770. The van der Waals surface area contributed by atoms with Crippen LogP contribution in [0, 0.1) is 17.8 Å². The summed E-state index contributed by atoms with van der Waals surface area (Å²) in [7, 11) is 0. The van der Waals surface area contributed by atoms with Crippen LogP contribution in [-0.4, -0.2) is 36.2 Å². The summed E-state index contributed by atoms with van der Waals surface area (Å²) in [6.45, 7) is 8.16. The molecule has 1 saturated heterocycles. The van der Waals surface area contributed by atoms with Crippen LogP contribution in [0.2, 0.25) is 0 Å². The molecule has 2 N–H and O–H groups in total. The third-order valence-electron chi connectivity index (χ3n) is 5.02. The van der Waals surface area contributed by atoms with E-state index in [0.717, 1.165) is 32.0 Å². The Balaban J connectivity index is 1.99. The Morgan fingerprint density at radius 3 is 2.43 bits per heavy atom. The molecule has 122 valence electrons. The number of likely N-dealkylation sites (tertiary alicyclic amines) is 1. The third-order valence-corrected chi connectivity index (χ3v) is 5.02. The van der Waals surface area contributed by atoms with Crippen molar-refractivity contribution in [2.75, 3.05) is 19.6 Å². The summed E-state index contributed by atoms with van der Waals surface area (Å²) in [4.78, 5) is 14.2. The number of hydrogen-bond acceptors (Lipinski definition) is 3. The van der Waals surface area contributed by atoms with E-state index in [1.807, 2.05) is 25.7 Å². The smallest absolute Gasteiger partial charge is 0.410 e. The minimum Gasteiger partial charge on any atom is -0.444 e. The van der Waals surface area contributed by atoms with Gasteiger partial charge >= 0.3 is 6.09 Å². The number of nitrogens with zero attached hydrogens (tertiary/aromatic N) is 1. The van der Waals surface area contributed by atoms with Gasteiger partial charge in [-0.25, -0.2) is 4.79 Å². The van der Waals surface area contributed by atoms with Gasteiger partial charge in [0.1, 0.15) is 5.60 Å². The van der Waals surface area contributed by atoms with Crippen molar-refractivity contribution in [1.29, 1.82) is 0 Å². The Kier molecular flexibility index (Phi) is 5.53. The second-order valence-corrected chi connectivity index (χ2v) is 7.77. The molecule has 0 radical (unpaired) electrons. The standard InChI is InChI=1S/C17H32N2O2/c1-17(2,3)21-16(20)19-10-9-14(11-18)15(12-19)13-7-5-4-6-8-13/h13-15H,4-12,18H2,1-3H3. The predicted molar refractivity (Wildman–Crippen MR) is 85.0 cm³/mol. The van der Waals surface area contributed by atoms with Crippen molar-refractivity contribution in [1.82, 2.24) is 4.90 Å². The quantitative estimate of drug-likeness (QED) is 0.849. The van der Waals surface area contributed by atoms with Gasteiger partial charge in [-0.05, 0) is 51.5 Å². The number of nitrogens with two attached hydrogens (primary N) is 1. The van der Waals surface area contributed by atoms with Crippen molar-refractivity contribution in [3.63, 3.8) is 0 Å². The van der Waals surface area contributed by atoms with Crippen molar-refractivity contribution in [3.05, 3.63) is 0 Å². The van der Waals surface area contributed by atoms with E-state index in [1.165, 1.54) is 32.1 Å². The van der Waals surface area contributed by atoms with Gasteiger partial charge in [-0.2, -0.15) is 0 Å². The highest BCUT2D eigenvalue weighted by molar-refractivity contribution is 5.68. The number of hydrogen-bond donors (Lipinski definition) is 1. The van der Waals surface area contributed by atoms with Crippen molar-refractivity contribution in [2.45, 2.75) is 64.9 Å². The largest absolute Gasteiger partial charge is 0.444 e. The predicted octanol–water partition coefficient (Wildman–Crippen LogP) is 3.40. The molecule has 4 heteroatoms. The highest BCUT2D eigenvalue weighted by Crippen LogP contribution is 2.37. The minimum absolute atomic E-state index is 0.154. The van der Waals surface area contributed by atoms with E-state index in [1.54, 1.807) is 0 Å². The van der Waals surface area contributed by atoms with Crippen molar-refractivity contribution in [2.24, 2.45) is 23.5 Å². The van der Waals surface area contributed by atoms with Crippen LogP contribution in [0.1, 0.15) is 59.3 Å². The van der Waals surface area contributed by atoms with Gasteiger partial charge in [0.25, 0.3) is 0 Å². The summed E-state index contributed by atoms with van der Waals surface area (Å²) in [6, 6.07) is 0. The fourth-order valence-electron chi connectivity index (χ4n) is 3.91. The van der Waals surface area contributed by atoms with Crippen LogP contribution >= 0.6 is 0 Å². The van der Waals surface area contributed by atoms with E-state index >= 15 is 0 Å². The summed E-state index contributed by atoms with van der Waals surface area (Å²) < 4.78 is 5.54. The third kappa shape index (κ3) is 4.60. The molecule has 1 heterocycles. The minimum atomic E-state index is -0.415. The van der Waals surface area contributed by atoms with Gasteiger partial charge in [0, 0.05) is 13.1 Å². The van der Waals surface area contributed by atoms with Gasteiger partial charge in [0.15, 0.2) is 0 Å². The Labute approximate surface area is 129 Å². The molecule has 2 atom stereocenters. The fourth-order valence-corrected chi connectivity index (χ4v) is 3.91. The zero-order chi connectivity index (χ0) is 15.5. The Morgan fingerprint density at radius 1 is 1.19 bits per heavy atom. The van der Waals surface area contributed by atoms with Gasteiger partial charge in [-0.15, -0.1) is 0 Å². The molecule has 2 rings (SSSR count). The van der Waals surface area contributed by atoms with Gasteiger partial charge in [-0.3, -0.25) is 0 Å². The second kappa shape index (κ2) is 6.99. The molecule has 2 fully saturated rings. The van der Waals surface area contributed by atoms with Crippen molar-refractivity contribution < 1.29 is 9.53 Å². The summed E-state index contributed by atoms with van der Waals surface area (Å²) in [5.74, 6) is 1.89. The van der Waals surface area contributed by atoms with E-state index in [9.17, 15) is 4.79 Å². The lowest BCUT2D eigenvalue weighted by atomic mass is 9.71. The van der Waals surface area contributed by atoms with E-state index in [-0.39, 0.29) is 6.09 Å². The molecule has 0 aromatic rings. The Morgan fingerprint density at radius 2 is 1.86 bits per heavy atom. The van der Waals surface area contributed by atoms with Crippen LogP contribution < -0.4 is 5.73 Å². The van der Waals surface area contributed by atoms with Gasteiger partial charge in [0.05, 0.1) is 0 Å². The molecule has 0 spiro atoms. The molecule has 1 amide bonds. The number of carbonyl (C=O) groups is 1. The monoisotopic (exact) mass is 296 g/mol. The molecule has 1 aliphatic carbocycles. The normalized spacial score (nSPS) is 28.5. The van der Waals surface area contributed by atoms with Gasteiger partial charge in [-0.1, -0.05) is 32.1 Å². The first-order chi connectivity index (χ1) is 9.90. The van der Waals surface area contributed by atoms with Crippen LogP contribution in [0.3, 0.4) is 0 Å². The molecule has 4 nitrogen and oxygen atoms in total. The molecular weight excluding hydrogens is 264 g/mol. The molecule has 21 heavy (non-hydrogen) atoms.